The van der Waals surface area contributed by atoms with Crippen LogP contribution in [0.15, 0.2) is 60.1 Å². The molecule has 0 N–H and O–H groups in total. The minimum atomic E-state index is 0.0223. The highest BCUT2D eigenvalue weighted by atomic mass is 32.1. The summed E-state index contributed by atoms with van der Waals surface area (Å²) in [6, 6.07) is 15.9. The van der Waals surface area contributed by atoms with Gasteiger partial charge in [0.05, 0.1) is 13.7 Å². The summed E-state index contributed by atoms with van der Waals surface area (Å²) in [5, 5.41) is 2.56. The summed E-state index contributed by atoms with van der Waals surface area (Å²) in [5.74, 6) is 1.52. The van der Waals surface area contributed by atoms with Crippen LogP contribution in [0.1, 0.15) is 24.0 Å². The molecule has 6 nitrogen and oxygen atoms in total. The molecule has 31 heavy (non-hydrogen) atoms. The number of aryl methyl sites for hydroxylation is 1. The lowest BCUT2D eigenvalue weighted by Crippen LogP contribution is -2.31. The minimum Gasteiger partial charge on any atom is -0.493 e. The number of carbonyl (C=O) groups is 1. The number of thiazole rings is 1. The molecular weight excluding hydrogens is 412 g/mol. The molecule has 0 bridgehead atoms. The molecule has 1 atom stereocenters. The fourth-order valence-corrected chi connectivity index (χ4v) is 4.15. The highest BCUT2D eigenvalue weighted by Gasteiger charge is 2.27. The first-order chi connectivity index (χ1) is 15.2. The van der Waals surface area contributed by atoms with Gasteiger partial charge in [0.1, 0.15) is 12.7 Å². The molecule has 2 aromatic carbocycles. The van der Waals surface area contributed by atoms with Crippen LogP contribution in [0.4, 0.5) is 0 Å². The molecule has 0 saturated carbocycles. The summed E-state index contributed by atoms with van der Waals surface area (Å²) < 4.78 is 17.3. The fourth-order valence-electron chi connectivity index (χ4n) is 3.60. The van der Waals surface area contributed by atoms with Crippen molar-refractivity contribution in [2.75, 3.05) is 20.2 Å². The molecule has 1 aliphatic heterocycles. The normalized spacial score (nSPS) is 15.6. The van der Waals surface area contributed by atoms with Crippen molar-refractivity contribution in [1.82, 2.24) is 9.88 Å². The lowest BCUT2D eigenvalue weighted by molar-refractivity contribution is -0.130. The van der Waals surface area contributed by atoms with Crippen LogP contribution in [-0.4, -0.2) is 42.1 Å². The Bertz CT molecular complexity index is 979. The van der Waals surface area contributed by atoms with Gasteiger partial charge < -0.3 is 19.1 Å². The van der Waals surface area contributed by atoms with E-state index in [1.54, 1.807) is 13.3 Å². The lowest BCUT2D eigenvalue weighted by atomic mass is 10.1. The van der Waals surface area contributed by atoms with Gasteiger partial charge in [-0.3, -0.25) is 4.79 Å². The van der Waals surface area contributed by atoms with Crippen molar-refractivity contribution in [3.8, 4) is 16.7 Å². The minimum absolute atomic E-state index is 0.0223. The Hall–Kier alpha value is -3.06. The number of hydrogen-bond donors (Lipinski definition) is 0. The van der Waals surface area contributed by atoms with Crippen molar-refractivity contribution >= 4 is 17.2 Å². The van der Waals surface area contributed by atoms with E-state index in [9.17, 15) is 4.79 Å². The maximum Gasteiger partial charge on any atom is 0.273 e. The van der Waals surface area contributed by atoms with Crippen LogP contribution in [0.5, 0.6) is 16.7 Å². The van der Waals surface area contributed by atoms with Crippen molar-refractivity contribution in [2.45, 2.75) is 32.0 Å². The van der Waals surface area contributed by atoms with E-state index in [-0.39, 0.29) is 12.0 Å². The third-order valence-electron chi connectivity index (χ3n) is 5.27. The standard InChI is InChI=1S/C24H26N2O4S/c1-28-21-9-7-18(15-22(21)29-17-19-5-3-2-4-6-19)8-10-23(27)26-13-11-20(16-26)30-24-25-12-14-31-24/h2-7,9,12,14-15,20H,8,10-11,13,16-17H2,1H3. The van der Waals surface area contributed by atoms with Gasteiger partial charge in [-0.2, -0.15) is 0 Å². The molecule has 1 saturated heterocycles. The van der Waals surface area contributed by atoms with E-state index in [1.165, 1.54) is 11.3 Å². The van der Waals surface area contributed by atoms with Crippen molar-refractivity contribution in [2.24, 2.45) is 0 Å². The van der Waals surface area contributed by atoms with Crippen LogP contribution >= 0.6 is 11.3 Å². The lowest BCUT2D eigenvalue weighted by Gasteiger charge is -2.17. The summed E-state index contributed by atoms with van der Waals surface area (Å²) in [5.41, 5.74) is 2.14. The maximum absolute atomic E-state index is 12.7. The van der Waals surface area contributed by atoms with Crippen LogP contribution in [0.2, 0.25) is 0 Å². The van der Waals surface area contributed by atoms with E-state index in [0.29, 0.717) is 42.7 Å². The van der Waals surface area contributed by atoms with Gasteiger partial charge in [-0.25, -0.2) is 4.98 Å². The molecule has 162 valence electrons. The zero-order chi connectivity index (χ0) is 21.5. The Labute approximate surface area is 186 Å². The average molecular weight is 439 g/mol. The van der Waals surface area contributed by atoms with E-state index in [1.807, 2.05) is 58.8 Å². The monoisotopic (exact) mass is 438 g/mol. The largest absolute Gasteiger partial charge is 0.493 e. The number of benzene rings is 2. The molecule has 1 unspecified atom stereocenters. The molecule has 2 heterocycles. The molecule has 1 aliphatic rings. The highest BCUT2D eigenvalue weighted by molar-refractivity contribution is 7.11. The van der Waals surface area contributed by atoms with Gasteiger partial charge in [-0.1, -0.05) is 47.7 Å². The van der Waals surface area contributed by atoms with E-state index < -0.39 is 0 Å². The van der Waals surface area contributed by atoms with Crippen LogP contribution in [-0.2, 0) is 17.8 Å². The molecule has 0 aliphatic carbocycles. The predicted octanol–water partition coefficient (Wildman–Crippen LogP) is 4.34. The summed E-state index contributed by atoms with van der Waals surface area (Å²) >= 11 is 1.47. The van der Waals surface area contributed by atoms with Crippen molar-refractivity contribution in [3.63, 3.8) is 0 Å². The number of amides is 1. The summed E-state index contributed by atoms with van der Waals surface area (Å²) in [6.07, 6.45) is 3.69. The average Bonchev–Trinajstić information content (AvgIpc) is 3.49. The number of carbonyl (C=O) groups excluding carboxylic acids is 1. The number of rotatable bonds is 9. The Kier molecular flexibility index (Phi) is 7.04. The zero-order valence-electron chi connectivity index (χ0n) is 17.5. The van der Waals surface area contributed by atoms with Crippen LogP contribution in [0.25, 0.3) is 0 Å². The Morgan fingerprint density at radius 2 is 2.03 bits per heavy atom. The van der Waals surface area contributed by atoms with E-state index >= 15 is 0 Å². The topological polar surface area (TPSA) is 60.9 Å². The van der Waals surface area contributed by atoms with E-state index in [4.69, 9.17) is 14.2 Å². The number of nitrogens with zero attached hydrogens (tertiary/aromatic N) is 2. The van der Waals surface area contributed by atoms with E-state index in [2.05, 4.69) is 4.98 Å². The maximum atomic E-state index is 12.7. The van der Waals surface area contributed by atoms with Crippen LogP contribution < -0.4 is 14.2 Å². The molecule has 0 spiro atoms. The van der Waals surface area contributed by atoms with Gasteiger partial charge in [0.2, 0.25) is 5.91 Å². The highest BCUT2D eigenvalue weighted by Crippen LogP contribution is 2.29. The molecule has 1 aromatic heterocycles. The molecular formula is C24H26N2O4S. The first-order valence-corrected chi connectivity index (χ1v) is 11.3. The zero-order valence-corrected chi connectivity index (χ0v) is 18.3. The van der Waals surface area contributed by atoms with E-state index in [0.717, 1.165) is 24.1 Å². The van der Waals surface area contributed by atoms with Gasteiger partial charge >= 0.3 is 0 Å². The third-order valence-corrected chi connectivity index (χ3v) is 5.93. The molecule has 3 aromatic rings. The van der Waals surface area contributed by atoms with Crippen molar-refractivity contribution in [3.05, 3.63) is 71.2 Å². The number of methoxy groups -OCH3 is 1. The third kappa shape index (κ3) is 5.76. The number of aromatic nitrogens is 1. The second-order valence-electron chi connectivity index (χ2n) is 7.43. The second-order valence-corrected chi connectivity index (χ2v) is 8.28. The van der Waals surface area contributed by atoms with Crippen molar-refractivity contribution in [1.29, 1.82) is 0 Å². The molecule has 4 rings (SSSR count). The first-order valence-electron chi connectivity index (χ1n) is 10.4. The Morgan fingerprint density at radius 3 is 2.81 bits per heavy atom. The summed E-state index contributed by atoms with van der Waals surface area (Å²) in [6.45, 7) is 1.81. The van der Waals surface area contributed by atoms with Gasteiger partial charge in [0, 0.05) is 31.0 Å². The number of ether oxygens (including phenoxy) is 3. The molecule has 1 amide bonds. The van der Waals surface area contributed by atoms with Gasteiger partial charge in [0.15, 0.2) is 11.5 Å². The predicted molar refractivity (Wildman–Crippen MR) is 120 cm³/mol. The van der Waals surface area contributed by atoms with Crippen LogP contribution in [0, 0.1) is 0 Å². The SMILES string of the molecule is COc1ccc(CCC(=O)N2CCC(Oc3nccs3)C2)cc1OCc1ccccc1. The molecule has 0 radical (unpaired) electrons. The first kappa shape index (κ1) is 21.2. The number of hydrogen-bond acceptors (Lipinski definition) is 6. The van der Waals surface area contributed by atoms with Gasteiger partial charge in [-0.15, -0.1) is 0 Å². The summed E-state index contributed by atoms with van der Waals surface area (Å²) in [7, 11) is 1.63. The van der Waals surface area contributed by atoms with Crippen molar-refractivity contribution < 1.29 is 19.0 Å². The quantitative estimate of drug-likeness (QED) is 0.497. The van der Waals surface area contributed by atoms with Crippen LogP contribution in [0.3, 0.4) is 0 Å². The fraction of sp³-hybridized carbons (Fsp3) is 0.333. The smallest absolute Gasteiger partial charge is 0.273 e. The Balaban J connectivity index is 1.30. The molecule has 1 fully saturated rings. The van der Waals surface area contributed by atoms with Gasteiger partial charge in [0.25, 0.3) is 5.19 Å². The summed E-state index contributed by atoms with van der Waals surface area (Å²) in [4.78, 5) is 18.7. The van der Waals surface area contributed by atoms with Gasteiger partial charge in [-0.05, 0) is 29.7 Å². The Morgan fingerprint density at radius 1 is 1.16 bits per heavy atom. The molecule has 7 heteroatoms. The second kappa shape index (κ2) is 10.3. The number of likely N-dealkylation sites (tertiary alicyclic amines) is 1.